The highest BCUT2D eigenvalue weighted by molar-refractivity contribution is 9.10. The van der Waals surface area contributed by atoms with Crippen molar-refractivity contribution >= 4 is 39.1 Å². The molecule has 5 heteroatoms. The molecule has 3 rings (SSSR count). The summed E-state index contributed by atoms with van der Waals surface area (Å²) in [6.45, 7) is 1.89. The molecule has 0 saturated heterocycles. The van der Waals surface area contributed by atoms with Crippen molar-refractivity contribution in [2.45, 2.75) is 6.92 Å². The minimum atomic E-state index is -0.313. The van der Waals surface area contributed by atoms with E-state index in [0.717, 1.165) is 14.9 Å². The van der Waals surface area contributed by atoms with Gasteiger partial charge in [-0.2, -0.15) is 0 Å². The smallest absolute Gasteiger partial charge is 0.266 e. The third-order valence-corrected chi connectivity index (χ3v) is 4.00. The summed E-state index contributed by atoms with van der Waals surface area (Å²) in [7, 11) is 0. The Morgan fingerprint density at radius 3 is 2.40 bits per heavy atom. The number of nitrogens with zero attached hydrogens (tertiary/aromatic N) is 1. The Labute approximate surface area is 124 Å². The van der Waals surface area contributed by atoms with Crippen molar-refractivity contribution in [1.29, 1.82) is 0 Å². The summed E-state index contributed by atoms with van der Waals surface area (Å²) in [5.74, 6) is -0.623. The Morgan fingerprint density at radius 1 is 1.00 bits per heavy atom. The standard InChI is InChI=1S/C15H11BrN2O2/c1-8-2-4-10-11(6-8)15(20)18(14(10)19)9-3-5-12(16)13(17)7-9/h2-7H,17H2,1H3. The van der Waals surface area contributed by atoms with Gasteiger partial charge in [-0.25, -0.2) is 4.90 Å². The number of benzene rings is 2. The number of imide groups is 1. The quantitative estimate of drug-likeness (QED) is 0.645. The molecular formula is C15H11BrN2O2. The van der Waals surface area contributed by atoms with Gasteiger partial charge in [0, 0.05) is 10.2 Å². The first-order chi connectivity index (χ1) is 9.49. The lowest BCUT2D eigenvalue weighted by Crippen LogP contribution is -2.29. The van der Waals surface area contributed by atoms with Gasteiger partial charge in [-0.3, -0.25) is 9.59 Å². The SMILES string of the molecule is Cc1ccc2c(c1)C(=O)N(c1ccc(Br)c(N)c1)C2=O. The maximum absolute atomic E-state index is 12.4. The Balaban J connectivity index is 2.11. The second-order valence-electron chi connectivity index (χ2n) is 4.70. The van der Waals surface area contributed by atoms with Crippen molar-refractivity contribution in [3.8, 4) is 0 Å². The molecule has 0 radical (unpaired) electrons. The third kappa shape index (κ3) is 1.82. The molecule has 4 nitrogen and oxygen atoms in total. The molecule has 0 saturated carbocycles. The fourth-order valence-corrected chi connectivity index (χ4v) is 2.51. The molecule has 1 aliphatic heterocycles. The first-order valence-corrected chi connectivity index (χ1v) is 6.83. The van der Waals surface area contributed by atoms with E-state index in [0.29, 0.717) is 22.5 Å². The molecule has 0 aromatic heterocycles. The second-order valence-corrected chi connectivity index (χ2v) is 5.55. The van der Waals surface area contributed by atoms with Crippen LogP contribution in [0.4, 0.5) is 11.4 Å². The summed E-state index contributed by atoms with van der Waals surface area (Å²) in [4.78, 5) is 25.9. The Kier molecular flexibility index (Phi) is 2.87. The number of aryl methyl sites for hydroxylation is 1. The van der Waals surface area contributed by atoms with Crippen LogP contribution in [0.15, 0.2) is 40.9 Å². The number of rotatable bonds is 1. The van der Waals surface area contributed by atoms with E-state index in [2.05, 4.69) is 15.9 Å². The zero-order valence-electron chi connectivity index (χ0n) is 10.7. The molecule has 0 unspecified atom stereocenters. The van der Waals surface area contributed by atoms with Gasteiger partial charge in [-0.1, -0.05) is 11.6 Å². The van der Waals surface area contributed by atoms with Crippen LogP contribution in [0.25, 0.3) is 0 Å². The highest BCUT2D eigenvalue weighted by Crippen LogP contribution is 2.32. The summed E-state index contributed by atoms with van der Waals surface area (Å²) in [5, 5.41) is 0. The van der Waals surface area contributed by atoms with Crippen molar-refractivity contribution in [2.75, 3.05) is 10.6 Å². The van der Waals surface area contributed by atoms with E-state index in [1.165, 1.54) is 0 Å². The molecule has 20 heavy (non-hydrogen) atoms. The van der Waals surface area contributed by atoms with E-state index in [9.17, 15) is 9.59 Å². The number of carbonyl (C=O) groups excluding carboxylic acids is 2. The lowest BCUT2D eigenvalue weighted by atomic mass is 10.1. The number of halogens is 1. The highest BCUT2D eigenvalue weighted by atomic mass is 79.9. The van der Waals surface area contributed by atoms with Gasteiger partial charge < -0.3 is 5.73 Å². The van der Waals surface area contributed by atoms with Gasteiger partial charge >= 0.3 is 0 Å². The van der Waals surface area contributed by atoms with Crippen molar-refractivity contribution in [2.24, 2.45) is 0 Å². The van der Waals surface area contributed by atoms with Crippen LogP contribution in [0.2, 0.25) is 0 Å². The fraction of sp³-hybridized carbons (Fsp3) is 0.0667. The molecular weight excluding hydrogens is 320 g/mol. The van der Waals surface area contributed by atoms with Gasteiger partial charge in [-0.15, -0.1) is 0 Å². The lowest BCUT2D eigenvalue weighted by molar-refractivity contribution is 0.0926. The van der Waals surface area contributed by atoms with Gasteiger partial charge in [0.15, 0.2) is 0 Å². The van der Waals surface area contributed by atoms with Crippen LogP contribution in [0, 0.1) is 6.92 Å². The molecule has 2 aromatic rings. The summed E-state index contributed by atoms with van der Waals surface area (Å²) in [6, 6.07) is 10.3. The van der Waals surface area contributed by atoms with E-state index < -0.39 is 0 Å². The maximum atomic E-state index is 12.4. The maximum Gasteiger partial charge on any atom is 0.266 e. The minimum Gasteiger partial charge on any atom is -0.398 e. The zero-order valence-corrected chi connectivity index (χ0v) is 12.3. The lowest BCUT2D eigenvalue weighted by Gasteiger charge is -2.14. The van der Waals surface area contributed by atoms with Crippen LogP contribution in [0.1, 0.15) is 26.3 Å². The van der Waals surface area contributed by atoms with Gasteiger partial charge in [-0.05, 0) is 53.2 Å². The summed E-state index contributed by atoms with van der Waals surface area (Å²) in [5.41, 5.74) is 8.60. The number of amides is 2. The van der Waals surface area contributed by atoms with Crippen molar-refractivity contribution in [3.05, 3.63) is 57.6 Å². The number of hydrogen-bond donors (Lipinski definition) is 1. The van der Waals surface area contributed by atoms with Crippen molar-refractivity contribution in [1.82, 2.24) is 0 Å². The van der Waals surface area contributed by atoms with E-state index in [1.54, 1.807) is 30.3 Å². The topological polar surface area (TPSA) is 63.4 Å². The van der Waals surface area contributed by atoms with Crippen LogP contribution >= 0.6 is 15.9 Å². The van der Waals surface area contributed by atoms with Gasteiger partial charge in [0.25, 0.3) is 11.8 Å². The Bertz CT molecular complexity index is 756. The molecule has 1 heterocycles. The van der Waals surface area contributed by atoms with Crippen LogP contribution < -0.4 is 10.6 Å². The molecule has 1 aliphatic rings. The average Bonchev–Trinajstić information content (AvgIpc) is 2.65. The van der Waals surface area contributed by atoms with Crippen LogP contribution in [0.3, 0.4) is 0 Å². The molecule has 2 amide bonds. The van der Waals surface area contributed by atoms with E-state index in [-0.39, 0.29) is 11.8 Å². The Morgan fingerprint density at radius 2 is 1.70 bits per heavy atom. The van der Waals surface area contributed by atoms with Crippen molar-refractivity contribution < 1.29 is 9.59 Å². The molecule has 100 valence electrons. The molecule has 2 aromatic carbocycles. The predicted octanol–water partition coefficient (Wildman–Crippen LogP) is 3.14. The number of hydrogen-bond acceptors (Lipinski definition) is 3. The predicted molar refractivity (Wildman–Crippen MR) is 80.9 cm³/mol. The second kappa shape index (κ2) is 4.45. The third-order valence-electron chi connectivity index (χ3n) is 3.28. The van der Waals surface area contributed by atoms with E-state index in [4.69, 9.17) is 5.73 Å². The number of nitrogens with two attached hydrogens (primary N) is 1. The molecule has 0 aliphatic carbocycles. The van der Waals surface area contributed by atoms with Crippen LogP contribution in [-0.2, 0) is 0 Å². The van der Waals surface area contributed by atoms with Gasteiger partial charge in [0.2, 0.25) is 0 Å². The van der Waals surface area contributed by atoms with E-state index in [1.807, 2.05) is 13.0 Å². The monoisotopic (exact) mass is 330 g/mol. The number of nitrogen functional groups attached to an aromatic ring is 1. The summed E-state index contributed by atoms with van der Waals surface area (Å²) in [6.07, 6.45) is 0. The average molecular weight is 331 g/mol. The molecule has 0 spiro atoms. The summed E-state index contributed by atoms with van der Waals surface area (Å²) >= 11 is 3.29. The normalized spacial score (nSPS) is 13.8. The molecule has 0 fully saturated rings. The van der Waals surface area contributed by atoms with Crippen LogP contribution in [-0.4, -0.2) is 11.8 Å². The largest absolute Gasteiger partial charge is 0.398 e. The number of fused-ring (bicyclic) bond motifs is 1. The first kappa shape index (κ1) is 12.9. The molecule has 2 N–H and O–H groups in total. The van der Waals surface area contributed by atoms with Crippen LogP contribution in [0.5, 0.6) is 0 Å². The van der Waals surface area contributed by atoms with E-state index >= 15 is 0 Å². The van der Waals surface area contributed by atoms with Gasteiger partial charge in [0.1, 0.15) is 0 Å². The minimum absolute atomic E-state index is 0.310. The van der Waals surface area contributed by atoms with Crippen molar-refractivity contribution in [3.63, 3.8) is 0 Å². The summed E-state index contributed by atoms with van der Waals surface area (Å²) < 4.78 is 0.730. The first-order valence-electron chi connectivity index (χ1n) is 6.03. The number of anilines is 2. The fourth-order valence-electron chi connectivity index (χ4n) is 2.26. The molecule has 0 atom stereocenters. The number of carbonyl (C=O) groups is 2. The zero-order chi connectivity index (χ0) is 14.4. The highest BCUT2D eigenvalue weighted by Gasteiger charge is 2.36. The Hall–Kier alpha value is -2.14. The van der Waals surface area contributed by atoms with Gasteiger partial charge in [0.05, 0.1) is 16.8 Å². The molecule has 0 bridgehead atoms.